The number of nitrogens with one attached hydrogen (secondary N) is 1. The first kappa shape index (κ1) is 21.5. The first-order chi connectivity index (χ1) is 15.4. The van der Waals surface area contributed by atoms with Crippen molar-refractivity contribution < 1.29 is 9.53 Å². The molecule has 2 aromatic carbocycles. The highest BCUT2D eigenvalue weighted by Gasteiger charge is 2.21. The Hall–Kier alpha value is -3.70. The highest BCUT2D eigenvalue weighted by atomic mass is 79.9. The van der Waals surface area contributed by atoms with Crippen LogP contribution in [0, 0.1) is 25.2 Å². The Labute approximate surface area is 193 Å². The number of fused-ring (bicyclic) bond motifs is 1. The lowest BCUT2D eigenvalue weighted by molar-refractivity contribution is -0.122. The first-order valence-corrected chi connectivity index (χ1v) is 10.7. The van der Waals surface area contributed by atoms with Gasteiger partial charge in [0.15, 0.2) is 17.7 Å². The molecule has 4 rings (SSSR count). The molecule has 4 aromatic rings. The molecule has 0 spiro atoms. The monoisotopic (exact) mass is 489 g/mol. The zero-order chi connectivity index (χ0) is 22.8. The molecule has 0 fully saturated rings. The summed E-state index contributed by atoms with van der Waals surface area (Å²) in [6, 6.07) is 17.2. The van der Waals surface area contributed by atoms with Crippen LogP contribution in [0.1, 0.15) is 23.6 Å². The van der Waals surface area contributed by atoms with E-state index in [-0.39, 0.29) is 11.4 Å². The molecule has 2 aromatic heterocycles. The molecule has 32 heavy (non-hydrogen) atoms. The average Bonchev–Trinajstić information content (AvgIpc) is 3.18. The molecule has 1 amide bonds. The molecular formula is C24H20BrN5O2. The molecule has 7 nitrogen and oxygen atoms in total. The second-order valence-electron chi connectivity index (χ2n) is 7.40. The third-order valence-corrected chi connectivity index (χ3v) is 5.61. The Morgan fingerprint density at radius 1 is 1.19 bits per heavy atom. The fraction of sp³-hybridized carbons (Fsp3) is 0.167. The highest BCUT2D eigenvalue weighted by Crippen LogP contribution is 2.25. The number of nitrogens with zero attached hydrogens (tertiary/aromatic N) is 4. The van der Waals surface area contributed by atoms with Crippen LogP contribution in [0.4, 0.5) is 5.82 Å². The lowest BCUT2D eigenvalue weighted by Crippen LogP contribution is -2.31. The van der Waals surface area contributed by atoms with Gasteiger partial charge in [0.2, 0.25) is 0 Å². The van der Waals surface area contributed by atoms with Crippen molar-refractivity contribution in [3.63, 3.8) is 0 Å². The van der Waals surface area contributed by atoms with Crippen LogP contribution in [0.2, 0.25) is 0 Å². The summed E-state index contributed by atoms with van der Waals surface area (Å²) >= 11 is 3.37. The van der Waals surface area contributed by atoms with Gasteiger partial charge in [0.1, 0.15) is 17.4 Å². The fourth-order valence-electron chi connectivity index (χ4n) is 3.37. The number of benzene rings is 2. The number of aromatic nitrogens is 3. The lowest BCUT2D eigenvalue weighted by Gasteiger charge is -2.16. The zero-order valence-electron chi connectivity index (χ0n) is 17.8. The third kappa shape index (κ3) is 4.20. The minimum Gasteiger partial charge on any atom is -0.481 e. The van der Waals surface area contributed by atoms with Gasteiger partial charge in [-0.1, -0.05) is 34.1 Å². The number of carbonyl (C=O) groups excluding carboxylic acids is 1. The number of anilines is 1. The van der Waals surface area contributed by atoms with Crippen molar-refractivity contribution in [1.82, 2.24) is 14.8 Å². The molecule has 1 atom stereocenters. The molecule has 0 aliphatic rings. The summed E-state index contributed by atoms with van der Waals surface area (Å²) in [6.07, 6.45) is 0.620. The second kappa shape index (κ2) is 8.81. The van der Waals surface area contributed by atoms with Gasteiger partial charge in [-0.2, -0.15) is 15.0 Å². The van der Waals surface area contributed by atoms with Gasteiger partial charge in [-0.3, -0.25) is 4.79 Å². The number of hydrogen-bond donors (Lipinski definition) is 1. The number of amides is 1. The number of aryl methyl sites for hydroxylation is 2. The largest absolute Gasteiger partial charge is 0.481 e. The normalized spacial score (nSPS) is 11.7. The Balaban J connectivity index is 1.66. The number of hydrogen-bond acceptors (Lipinski definition) is 5. The standard InChI is InChI=1S/C24H20BrN5O2/c1-14-5-4-6-20-15(2)11-21(28-22(14)20)30-23(17(12-26)13-27-30)29-24(31)16(3)32-19-9-7-18(25)8-10-19/h4-11,13,16H,1-3H3,(H,29,31). The lowest BCUT2D eigenvalue weighted by atomic mass is 10.1. The van der Waals surface area contributed by atoms with Gasteiger partial charge in [-0.05, 0) is 62.2 Å². The van der Waals surface area contributed by atoms with Gasteiger partial charge in [0.25, 0.3) is 5.91 Å². The smallest absolute Gasteiger partial charge is 0.266 e. The summed E-state index contributed by atoms with van der Waals surface area (Å²) in [5.41, 5.74) is 3.13. The second-order valence-corrected chi connectivity index (χ2v) is 8.32. The summed E-state index contributed by atoms with van der Waals surface area (Å²) in [7, 11) is 0. The van der Waals surface area contributed by atoms with E-state index in [4.69, 9.17) is 9.72 Å². The van der Waals surface area contributed by atoms with E-state index in [1.54, 1.807) is 19.1 Å². The highest BCUT2D eigenvalue weighted by molar-refractivity contribution is 9.10. The topological polar surface area (TPSA) is 92.8 Å². The predicted octanol–water partition coefficient (Wildman–Crippen LogP) is 5.08. The van der Waals surface area contributed by atoms with Crippen LogP contribution in [0.15, 0.2) is 59.2 Å². The van der Waals surface area contributed by atoms with E-state index in [1.165, 1.54) is 10.9 Å². The minimum absolute atomic E-state index is 0.235. The summed E-state index contributed by atoms with van der Waals surface area (Å²) in [5.74, 6) is 0.929. The molecule has 0 aliphatic heterocycles. The Kier molecular flexibility index (Phi) is 5.93. The van der Waals surface area contributed by atoms with Gasteiger partial charge < -0.3 is 10.1 Å². The number of halogens is 1. The third-order valence-electron chi connectivity index (χ3n) is 5.08. The molecule has 0 radical (unpaired) electrons. The van der Waals surface area contributed by atoms with Crippen LogP contribution in [-0.2, 0) is 4.79 Å². The number of ether oxygens (including phenoxy) is 1. The quantitative estimate of drug-likeness (QED) is 0.421. The molecule has 0 saturated carbocycles. The number of carbonyl (C=O) groups is 1. The Bertz CT molecular complexity index is 1360. The van der Waals surface area contributed by atoms with Crippen molar-refractivity contribution in [3.05, 3.63) is 75.9 Å². The van der Waals surface area contributed by atoms with E-state index in [9.17, 15) is 10.1 Å². The average molecular weight is 490 g/mol. The molecule has 8 heteroatoms. The van der Waals surface area contributed by atoms with Crippen molar-refractivity contribution in [1.29, 1.82) is 5.26 Å². The molecule has 160 valence electrons. The summed E-state index contributed by atoms with van der Waals surface area (Å²) in [5, 5.41) is 17.7. The van der Waals surface area contributed by atoms with Gasteiger partial charge in [0.05, 0.1) is 11.7 Å². The van der Waals surface area contributed by atoms with Gasteiger partial charge >= 0.3 is 0 Å². The van der Waals surface area contributed by atoms with Crippen LogP contribution in [0.5, 0.6) is 5.75 Å². The molecule has 1 N–H and O–H groups in total. The van der Waals surface area contributed by atoms with E-state index in [0.29, 0.717) is 11.6 Å². The molecule has 0 bridgehead atoms. The SMILES string of the molecule is Cc1cc(-n2ncc(C#N)c2NC(=O)C(C)Oc2ccc(Br)cc2)nc2c(C)cccc12. The molecular weight excluding hydrogens is 470 g/mol. The van der Waals surface area contributed by atoms with E-state index >= 15 is 0 Å². The number of pyridine rings is 1. The van der Waals surface area contributed by atoms with Gasteiger partial charge in [0, 0.05) is 9.86 Å². The van der Waals surface area contributed by atoms with E-state index in [0.717, 1.165) is 26.5 Å². The van der Waals surface area contributed by atoms with Crippen molar-refractivity contribution in [2.24, 2.45) is 0 Å². The maximum absolute atomic E-state index is 12.9. The van der Waals surface area contributed by atoms with E-state index < -0.39 is 12.0 Å². The molecule has 0 saturated heterocycles. The Morgan fingerprint density at radius 2 is 1.94 bits per heavy atom. The molecule has 0 aliphatic carbocycles. The van der Waals surface area contributed by atoms with E-state index in [2.05, 4.69) is 32.4 Å². The van der Waals surface area contributed by atoms with Crippen LogP contribution in [0.3, 0.4) is 0 Å². The van der Waals surface area contributed by atoms with Crippen LogP contribution in [0.25, 0.3) is 16.7 Å². The number of para-hydroxylation sites is 1. The number of nitriles is 1. The summed E-state index contributed by atoms with van der Waals surface area (Å²) < 4.78 is 8.12. The summed E-state index contributed by atoms with van der Waals surface area (Å²) in [4.78, 5) is 17.6. The minimum atomic E-state index is -0.792. The maximum atomic E-state index is 12.9. The van der Waals surface area contributed by atoms with Gasteiger partial charge in [-0.15, -0.1) is 0 Å². The first-order valence-electron chi connectivity index (χ1n) is 9.96. The fourth-order valence-corrected chi connectivity index (χ4v) is 3.63. The molecule has 1 unspecified atom stereocenters. The predicted molar refractivity (Wildman–Crippen MR) is 126 cm³/mol. The van der Waals surface area contributed by atoms with Crippen molar-refractivity contribution in [3.8, 4) is 17.6 Å². The van der Waals surface area contributed by atoms with Crippen LogP contribution >= 0.6 is 15.9 Å². The summed E-state index contributed by atoms with van der Waals surface area (Å²) in [6.45, 7) is 5.63. The van der Waals surface area contributed by atoms with Crippen molar-refractivity contribution in [2.75, 3.05) is 5.32 Å². The van der Waals surface area contributed by atoms with Crippen LogP contribution in [-0.4, -0.2) is 26.8 Å². The number of rotatable bonds is 5. The van der Waals surface area contributed by atoms with E-state index in [1.807, 2.05) is 50.2 Å². The zero-order valence-corrected chi connectivity index (χ0v) is 19.3. The van der Waals surface area contributed by atoms with Gasteiger partial charge in [-0.25, -0.2) is 4.98 Å². The van der Waals surface area contributed by atoms with Crippen molar-refractivity contribution in [2.45, 2.75) is 26.9 Å². The molecule has 2 heterocycles. The van der Waals surface area contributed by atoms with Crippen molar-refractivity contribution >= 4 is 38.6 Å². The van der Waals surface area contributed by atoms with Crippen LogP contribution < -0.4 is 10.1 Å². The maximum Gasteiger partial charge on any atom is 0.266 e. The Morgan fingerprint density at radius 3 is 2.66 bits per heavy atom.